The summed E-state index contributed by atoms with van der Waals surface area (Å²) in [7, 11) is 1.59. The standard InChI is InChI=1S/C13H16BrN3O3/c1-3-17(6-11(18)15-2)10-5-9-7(4-8(10)14)12(19)13(20)16-9/h4-5,12,19H,3,6H2,1-2H3,(H,15,18)(H,16,20). The zero-order chi connectivity index (χ0) is 14.9. The van der Waals surface area contributed by atoms with Crippen molar-refractivity contribution in [1.29, 1.82) is 0 Å². The molecule has 1 aliphatic heterocycles. The first kappa shape index (κ1) is 14.8. The monoisotopic (exact) mass is 341 g/mol. The van der Waals surface area contributed by atoms with E-state index in [0.717, 1.165) is 10.2 Å². The second kappa shape index (κ2) is 5.80. The van der Waals surface area contributed by atoms with Crippen LogP contribution in [0.4, 0.5) is 11.4 Å². The minimum atomic E-state index is -1.13. The van der Waals surface area contributed by atoms with Crippen LogP contribution in [0.2, 0.25) is 0 Å². The number of benzene rings is 1. The van der Waals surface area contributed by atoms with Gasteiger partial charge in [-0.2, -0.15) is 0 Å². The van der Waals surface area contributed by atoms with Gasteiger partial charge in [-0.15, -0.1) is 0 Å². The Labute approximate surface area is 125 Å². The number of aliphatic hydroxyl groups excluding tert-OH is 1. The Hall–Kier alpha value is -1.60. The van der Waals surface area contributed by atoms with Gasteiger partial charge in [0, 0.05) is 29.3 Å². The number of fused-ring (bicyclic) bond motifs is 1. The van der Waals surface area contributed by atoms with Crippen LogP contribution in [0.5, 0.6) is 0 Å². The van der Waals surface area contributed by atoms with Crippen LogP contribution < -0.4 is 15.5 Å². The van der Waals surface area contributed by atoms with Crippen LogP contribution in [0.3, 0.4) is 0 Å². The molecule has 1 aromatic rings. The van der Waals surface area contributed by atoms with Crippen molar-refractivity contribution < 1.29 is 14.7 Å². The Morgan fingerprint density at radius 3 is 2.85 bits per heavy atom. The van der Waals surface area contributed by atoms with Crippen molar-refractivity contribution in [3.05, 3.63) is 22.2 Å². The number of carbonyl (C=O) groups excluding carboxylic acids is 2. The molecule has 7 heteroatoms. The minimum Gasteiger partial charge on any atom is -0.378 e. The first-order chi connectivity index (χ1) is 9.47. The lowest BCUT2D eigenvalue weighted by Gasteiger charge is -2.24. The largest absolute Gasteiger partial charge is 0.378 e. The van der Waals surface area contributed by atoms with Gasteiger partial charge in [0.1, 0.15) is 0 Å². The maximum Gasteiger partial charge on any atom is 0.257 e. The van der Waals surface area contributed by atoms with Crippen molar-refractivity contribution in [2.75, 3.05) is 30.4 Å². The van der Waals surface area contributed by atoms with E-state index in [-0.39, 0.29) is 12.5 Å². The summed E-state index contributed by atoms with van der Waals surface area (Å²) in [5.41, 5.74) is 1.92. The van der Waals surface area contributed by atoms with Gasteiger partial charge in [0.2, 0.25) is 5.91 Å². The minimum absolute atomic E-state index is 0.0941. The molecule has 0 bridgehead atoms. The fourth-order valence-corrected chi connectivity index (χ4v) is 2.73. The highest BCUT2D eigenvalue weighted by molar-refractivity contribution is 9.10. The van der Waals surface area contributed by atoms with Gasteiger partial charge in [-0.25, -0.2) is 0 Å². The Balaban J connectivity index is 2.36. The van der Waals surface area contributed by atoms with E-state index in [1.54, 1.807) is 19.2 Å². The molecule has 0 radical (unpaired) electrons. The van der Waals surface area contributed by atoms with Crippen LogP contribution >= 0.6 is 15.9 Å². The highest BCUT2D eigenvalue weighted by Gasteiger charge is 2.30. The van der Waals surface area contributed by atoms with Gasteiger partial charge in [0.15, 0.2) is 6.10 Å². The molecule has 0 fully saturated rings. The summed E-state index contributed by atoms with van der Waals surface area (Å²) in [6.07, 6.45) is -1.13. The SMILES string of the molecule is CCN(CC(=O)NC)c1cc2c(cc1Br)C(O)C(=O)N2. The maximum atomic E-state index is 11.5. The molecule has 1 aromatic carbocycles. The molecule has 6 nitrogen and oxygen atoms in total. The lowest BCUT2D eigenvalue weighted by atomic mass is 10.1. The van der Waals surface area contributed by atoms with Crippen molar-refractivity contribution in [1.82, 2.24) is 5.32 Å². The molecule has 1 aliphatic rings. The number of likely N-dealkylation sites (N-methyl/N-ethyl adjacent to an activating group) is 2. The van der Waals surface area contributed by atoms with Crippen molar-refractivity contribution in [3.63, 3.8) is 0 Å². The van der Waals surface area contributed by atoms with Crippen LogP contribution in [0.1, 0.15) is 18.6 Å². The molecule has 1 heterocycles. The van der Waals surface area contributed by atoms with E-state index in [1.165, 1.54) is 0 Å². The van der Waals surface area contributed by atoms with Crippen LogP contribution in [-0.2, 0) is 9.59 Å². The van der Waals surface area contributed by atoms with Gasteiger partial charge in [-0.1, -0.05) is 0 Å². The van der Waals surface area contributed by atoms with Gasteiger partial charge in [-0.3, -0.25) is 9.59 Å². The van der Waals surface area contributed by atoms with E-state index in [1.807, 2.05) is 11.8 Å². The molecule has 1 atom stereocenters. The van der Waals surface area contributed by atoms with E-state index in [4.69, 9.17) is 0 Å². The van der Waals surface area contributed by atoms with Crippen LogP contribution in [-0.4, -0.2) is 37.1 Å². The third kappa shape index (κ3) is 2.64. The normalized spacial score (nSPS) is 16.6. The molecule has 2 rings (SSSR count). The molecule has 2 amide bonds. The van der Waals surface area contributed by atoms with E-state index in [2.05, 4.69) is 26.6 Å². The van der Waals surface area contributed by atoms with Crippen LogP contribution in [0, 0.1) is 0 Å². The fourth-order valence-electron chi connectivity index (χ4n) is 2.12. The number of nitrogens with zero attached hydrogens (tertiary/aromatic N) is 1. The summed E-state index contributed by atoms with van der Waals surface area (Å²) in [4.78, 5) is 24.9. The number of aliphatic hydroxyl groups is 1. The summed E-state index contributed by atoms with van der Waals surface area (Å²) in [5, 5.41) is 14.9. The highest BCUT2D eigenvalue weighted by Crippen LogP contribution is 2.38. The average molecular weight is 342 g/mol. The number of amides is 2. The molecule has 1 unspecified atom stereocenters. The van der Waals surface area contributed by atoms with Gasteiger partial charge >= 0.3 is 0 Å². The number of anilines is 2. The second-order valence-electron chi connectivity index (χ2n) is 4.47. The average Bonchev–Trinajstić information content (AvgIpc) is 2.70. The number of halogens is 1. The third-order valence-corrected chi connectivity index (χ3v) is 3.89. The number of hydrogen-bond acceptors (Lipinski definition) is 4. The highest BCUT2D eigenvalue weighted by atomic mass is 79.9. The smallest absolute Gasteiger partial charge is 0.257 e. The van der Waals surface area contributed by atoms with Crippen molar-refractivity contribution in [2.45, 2.75) is 13.0 Å². The van der Waals surface area contributed by atoms with Crippen LogP contribution in [0.15, 0.2) is 16.6 Å². The Morgan fingerprint density at radius 1 is 1.55 bits per heavy atom. The zero-order valence-electron chi connectivity index (χ0n) is 11.2. The molecule has 0 spiro atoms. The second-order valence-corrected chi connectivity index (χ2v) is 5.32. The lowest BCUT2D eigenvalue weighted by Crippen LogP contribution is -2.35. The molecule has 0 saturated carbocycles. The molecule has 108 valence electrons. The number of hydrogen-bond donors (Lipinski definition) is 3. The van der Waals surface area contributed by atoms with Crippen LogP contribution in [0.25, 0.3) is 0 Å². The molecule has 0 saturated heterocycles. The van der Waals surface area contributed by atoms with E-state index in [0.29, 0.717) is 17.8 Å². The molecule has 20 heavy (non-hydrogen) atoms. The van der Waals surface area contributed by atoms with Gasteiger partial charge < -0.3 is 20.6 Å². The van der Waals surface area contributed by atoms with Crippen molar-refractivity contribution in [3.8, 4) is 0 Å². The molecule has 3 N–H and O–H groups in total. The topological polar surface area (TPSA) is 81.7 Å². The molecular formula is C13H16BrN3O3. The number of rotatable bonds is 4. The van der Waals surface area contributed by atoms with Crippen molar-refractivity contribution in [2.24, 2.45) is 0 Å². The van der Waals surface area contributed by atoms with Gasteiger partial charge in [0.25, 0.3) is 5.91 Å². The molecule has 0 aromatic heterocycles. The molecular weight excluding hydrogens is 326 g/mol. The van der Waals surface area contributed by atoms with E-state index in [9.17, 15) is 14.7 Å². The molecule has 0 aliphatic carbocycles. The quantitative estimate of drug-likeness (QED) is 0.763. The Bertz CT molecular complexity index is 562. The summed E-state index contributed by atoms with van der Waals surface area (Å²) in [6, 6.07) is 3.47. The Kier molecular flexibility index (Phi) is 4.29. The van der Waals surface area contributed by atoms with E-state index < -0.39 is 12.0 Å². The van der Waals surface area contributed by atoms with Gasteiger partial charge in [-0.05, 0) is 35.0 Å². The third-order valence-electron chi connectivity index (χ3n) is 3.26. The predicted octanol–water partition coefficient (Wildman–Crippen LogP) is 1.01. The first-order valence-corrected chi connectivity index (χ1v) is 7.05. The number of nitrogens with one attached hydrogen (secondary N) is 2. The predicted molar refractivity (Wildman–Crippen MR) is 79.7 cm³/mol. The summed E-state index contributed by atoms with van der Waals surface area (Å²) in [6.45, 7) is 2.80. The Morgan fingerprint density at radius 2 is 2.25 bits per heavy atom. The summed E-state index contributed by atoms with van der Waals surface area (Å²) >= 11 is 3.43. The maximum absolute atomic E-state index is 11.5. The summed E-state index contributed by atoms with van der Waals surface area (Å²) in [5.74, 6) is -0.526. The summed E-state index contributed by atoms with van der Waals surface area (Å²) < 4.78 is 0.734. The fraction of sp³-hybridized carbons (Fsp3) is 0.385. The first-order valence-electron chi connectivity index (χ1n) is 6.25. The van der Waals surface area contributed by atoms with E-state index >= 15 is 0 Å². The number of carbonyl (C=O) groups is 2. The zero-order valence-corrected chi connectivity index (χ0v) is 12.8. The lowest BCUT2D eigenvalue weighted by molar-refractivity contribution is -0.123. The van der Waals surface area contributed by atoms with Gasteiger partial charge in [0.05, 0.1) is 12.2 Å². The van der Waals surface area contributed by atoms with Crippen molar-refractivity contribution >= 4 is 39.1 Å².